The summed E-state index contributed by atoms with van der Waals surface area (Å²) in [6.07, 6.45) is 5.09. The average Bonchev–Trinajstić information content (AvgIpc) is 2.44. The lowest BCUT2D eigenvalue weighted by Gasteiger charge is -2.57. The number of rotatable bonds is 2. The summed E-state index contributed by atoms with van der Waals surface area (Å²) in [7, 11) is 1.71. The van der Waals surface area contributed by atoms with Crippen molar-refractivity contribution in [1.82, 2.24) is 0 Å². The lowest BCUT2D eigenvalue weighted by Crippen LogP contribution is -2.52. The van der Waals surface area contributed by atoms with Gasteiger partial charge in [-0.3, -0.25) is 0 Å². The maximum Gasteiger partial charge on any atom is 0.118 e. The third kappa shape index (κ3) is 1.73. The van der Waals surface area contributed by atoms with Crippen molar-refractivity contribution in [3.05, 3.63) is 29.8 Å². The first-order chi connectivity index (χ1) is 9.26. The van der Waals surface area contributed by atoms with Crippen molar-refractivity contribution >= 4 is 0 Å². The number of methoxy groups -OCH3 is 1. The molecule has 1 N–H and O–H groups in total. The van der Waals surface area contributed by atoms with E-state index in [9.17, 15) is 5.11 Å². The smallest absolute Gasteiger partial charge is 0.118 e. The monoisotopic (exact) mass is 258 g/mol. The normalized spacial score (nSPS) is 43.5. The molecule has 6 atom stereocenters. The molecule has 0 aromatic heterocycles. The van der Waals surface area contributed by atoms with Gasteiger partial charge in [0.2, 0.25) is 0 Å². The maximum atomic E-state index is 10.5. The molecule has 0 radical (unpaired) electrons. The molecule has 4 fully saturated rings. The standard InChI is InChI=1S/C17H22O2/c1-19-14-4-2-11(3-5-14)16-12-6-10-7-13(9-12)17(18)15(16)8-10/h2-5,10,12-13,15-18H,6-9H2,1H3/t10-,12+,13-,15+,16-,17+/m0/s1. The fraction of sp³-hybridized carbons (Fsp3) is 0.647. The lowest BCUT2D eigenvalue weighted by molar-refractivity contribution is -0.107. The summed E-state index contributed by atoms with van der Waals surface area (Å²) in [6.45, 7) is 0. The van der Waals surface area contributed by atoms with Crippen LogP contribution in [0.5, 0.6) is 5.75 Å². The van der Waals surface area contributed by atoms with Crippen LogP contribution in [0.2, 0.25) is 0 Å². The molecule has 0 spiro atoms. The lowest BCUT2D eigenvalue weighted by atomic mass is 9.49. The summed E-state index contributed by atoms with van der Waals surface area (Å²) < 4.78 is 5.25. The number of aliphatic hydroxyl groups is 1. The molecular formula is C17H22O2. The molecule has 2 heteroatoms. The van der Waals surface area contributed by atoms with E-state index < -0.39 is 0 Å². The number of hydrogen-bond acceptors (Lipinski definition) is 2. The van der Waals surface area contributed by atoms with Gasteiger partial charge in [-0.15, -0.1) is 0 Å². The highest BCUT2D eigenvalue weighted by molar-refractivity contribution is 5.32. The molecule has 102 valence electrons. The predicted octanol–water partition coefficient (Wildman–Crippen LogP) is 3.21. The van der Waals surface area contributed by atoms with Crippen LogP contribution < -0.4 is 4.74 Å². The molecule has 19 heavy (non-hydrogen) atoms. The van der Waals surface area contributed by atoms with Gasteiger partial charge in [0.15, 0.2) is 0 Å². The molecule has 1 aromatic rings. The zero-order chi connectivity index (χ0) is 13.0. The summed E-state index contributed by atoms with van der Waals surface area (Å²) in [5, 5.41) is 10.5. The second-order valence-corrected chi connectivity index (χ2v) is 6.78. The molecule has 1 aromatic carbocycles. The van der Waals surface area contributed by atoms with Crippen molar-refractivity contribution < 1.29 is 9.84 Å². The van der Waals surface area contributed by atoms with Gasteiger partial charge < -0.3 is 9.84 Å². The van der Waals surface area contributed by atoms with Gasteiger partial charge in [-0.2, -0.15) is 0 Å². The van der Waals surface area contributed by atoms with Crippen molar-refractivity contribution in [3.63, 3.8) is 0 Å². The van der Waals surface area contributed by atoms with Gasteiger partial charge in [-0.25, -0.2) is 0 Å². The van der Waals surface area contributed by atoms with Crippen LogP contribution in [0.15, 0.2) is 24.3 Å². The topological polar surface area (TPSA) is 29.5 Å². The molecule has 4 aliphatic carbocycles. The van der Waals surface area contributed by atoms with E-state index in [1.807, 2.05) is 0 Å². The minimum Gasteiger partial charge on any atom is -0.497 e. The van der Waals surface area contributed by atoms with E-state index in [0.29, 0.717) is 17.8 Å². The first-order valence-corrected chi connectivity index (χ1v) is 7.58. The van der Waals surface area contributed by atoms with Crippen molar-refractivity contribution in [3.8, 4) is 5.75 Å². The van der Waals surface area contributed by atoms with Gasteiger partial charge in [0, 0.05) is 0 Å². The highest BCUT2D eigenvalue weighted by Gasteiger charge is 2.53. The molecule has 4 aliphatic rings. The van der Waals surface area contributed by atoms with Gasteiger partial charge >= 0.3 is 0 Å². The van der Waals surface area contributed by atoms with Crippen molar-refractivity contribution in [2.75, 3.05) is 7.11 Å². The SMILES string of the molecule is COc1ccc([C@H]2[C@@H]3C[C@H]4C[C@@H](C3)[C@@H](O)[C@@H]2C4)cc1. The minimum absolute atomic E-state index is 0.0556. The van der Waals surface area contributed by atoms with Crippen LogP contribution in [0.1, 0.15) is 37.2 Å². The van der Waals surface area contributed by atoms with E-state index in [1.165, 1.54) is 31.2 Å². The van der Waals surface area contributed by atoms with Gasteiger partial charge in [-0.1, -0.05) is 12.1 Å². The van der Waals surface area contributed by atoms with Crippen molar-refractivity contribution in [2.24, 2.45) is 23.7 Å². The van der Waals surface area contributed by atoms with Gasteiger partial charge in [0.1, 0.15) is 5.75 Å². The second kappa shape index (κ2) is 4.24. The molecule has 0 unspecified atom stereocenters. The Morgan fingerprint density at radius 3 is 2.47 bits per heavy atom. The highest BCUT2D eigenvalue weighted by atomic mass is 16.5. The molecule has 4 bridgehead atoms. The predicted molar refractivity (Wildman–Crippen MR) is 74.2 cm³/mol. The molecule has 4 saturated carbocycles. The van der Waals surface area contributed by atoms with Crippen LogP contribution >= 0.6 is 0 Å². The van der Waals surface area contributed by atoms with Crippen molar-refractivity contribution in [2.45, 2.75) is 37.7 Å². The van der Waals surface area contributed by atoms with Crippen LogP contribution in [-0.2, 0) is 0 Å². The Labute approximate surface area is 114 Å². The molecule has 2 nitrogen and oxygen atoms in total. The Hall–Kier alpha value is -1.02. The summed E-state index contributed by atoms with van der Waals surface area (Å²) in [4.78, 5) is 0. The van der Waals surface area contributed by atoms with Gasteiger partial charge in [0.05, 0.1) is 13.2 Å². The van der Waals surface area contributed by atoms with Crippen LogP contribution in [0.3, 0.4) is 0 Å². The molecule has 5 rings (SSSR count). The van der Waals surface area contributed by atoms with E-state index in [2.05, 4.69) is 24.3 Å². The third-order valence-corrected chi connectivity index (χ3v) is 5.87. The molecule has 0 saturated heterocycles. The molecule has 0 heterocycles. The number of ether oxygens (including phenoxy) is 1. The number of aliphatic hydroxyl groups excluding tert-OH is 1. The second-order valence-electron chi connectivity index (χ2n) is 6.78. The largest absolute Gasteiger partial charge is 0.497 e. The Kier molecular flexibility index (Phi) is 2.63. The van der Waals surface area contributed by atoms with E-state index in [-0.39, 0.29) is 6.10 Å². The summed E-state index contributed by atoms with van der Waals surface area (Å²) in [5.41, 5.74) is 1.41. The van der Waals surface area contributed by atoms with Gasteiger partial charge in [-0.05, 0) is 73.0 Å². The fourth-order valence-electron chi connectivity index (χ4n) is 5.23. The zero-order valence-electron chi connectivity index (χ0n) is 11.5. The maximum absolute atomic E-state index is 10.5. The zero-order valence-corrected chi connectivity index (χ0v) is 11.5. The van der Waals surface area contributed by atoms with E-state index in [1.54, 1.807) is 7.11 Å². The summed E-state index contributed by atoms with van der Waals surface area (Å²) in [5.74, 6) is 4.30. The first kappa shape index (κ1) is 11.8. The number of hydrogen-bond donors (Lipinski definition) is 1. The van der Waals surface area contributed by atoms with Gasteiger partial charge in [0.25, 0.3) is 0 Å². The van der Waals surface area contributed by atoms with Crippen LogP contribution in [0.25, 0.3) is 0 Å². The third-order valence-electron chi connectivity index (χ3n) is 5.87. The Bertz CT molecular complexity index is 467. The van der Waals surface area contributed by atoms with Crippen molar-refractivity contribution in [1.29, 1.82) is 0 Å². The first-order valence-electron chi connectivity index (χ1n) is 7.58. The molecular weight excluding hydrogens is 236 g/mol. The molecule has 0 aliphatic heterocycles. The van der Waals surface area contributed by atoms with E-state index >= 15 is 0 Å². The van der Waals surface area contributed by atoms with E-state index in [4.69, 9.17) is 4.74 Å². The quantitative estimate of drug-likeness (QED) is 0.882. The van der Waals surface area contributed by atoms with E-state index in [0.717, 1.165) is 17.6 Å². The summed E-state index contributed by atoms with van der Waals surface area (Å²) >= 11 is 0. The Morgan fingerprint density at radius 2 is 1.74 bits per heavy atom. The Morgan fingerprint density at radius 1 is 1.00 bits per heavy atom. The minimum atomic E-state index is -0.0556. The van der Waals surface area contributed by atoms with Crippen LogP contribution in [0, 0.1) is 23.7 Å². The fourth-order valence-corrected chi connectivity index (χ4v) is 5.23. The van der Waals surface area contributed by atoms with Crippen LogP contribution in [0.4, 0.5) is 0 Å². The summed E-state index contributed by atoms with van der Waals surface area (Å²) in [6, 6.07) is 8.54. The highest BCUT2D eigenvalue weighted by Crippen LogP contribution is 2.59. The Balaban J connectivity index is 1.66. The van der Waals surface area contributed by atoms with Crippen LogP contribution in [-0.4, -0.2) is 18.3 Å². The average molecular weight is 258 g/mol. The molecule has 0 amide bonds. The number of benzene rings is 1.